The molecule has 1 aromatic heterocycles. The highest BCUT2D eigenvalue weighted by Gasteiger charge is 2.21. The first-order valence-electron chi connectivity index (χ1n) is 6.35. The van der Waals surface area contributed by atoms with E-state index in [9.17, 15) is 0 Å². The third-order valence-corrected chi connectivity index (χ3v) is 2.96. The molecule has 2 atom stereocenters. The van der Waals surface area contributed by atoms with Crippen molar-refractivity contribution in [2.24, 2.45) is 11.7 Å². The Balaban J connectivity index is 1.90. The van der Waals surface area contributed by atoms with Crippen LogP contribution >= 0.6 is 0 Å². The predicted octanol–water partition coefficient (Wildman–Crippen LogP) is 1.84. The van der Waals surface area contributed by atoms with Gasteiger partial charge in [0.15, 0.2) is 5.82 Å². The predicted molar refractivity (Wildman–Crippen MR) is 63.4 cm³/mol. The molecule has 0 amide bonds. The number of nitrogens with two attached hydrogens (primary N) is 1. The highest BCUT2D eigenvalue weighted by molar-refractivity contribution is 4.94. The molecule has 0 saturated carbocycles. The van der Waals surface area contributed by atoms with Gasteiger partial charge in [-0.1, -0.05) is 19.0 Å². The highest BCUT2D eigenvalue weighted by atomic mass is 16.5. The Morgan fingerprint density at radius 3 is 2.94 bits per heavy atom. The lowest BCUT2D eigenvalue weighted by atomic mass is 10.0. The summed E-state index contributed by atoms with van der Waals surface area (Å²) in [5.41, 5.74) is 5.99. The van der Waals surface area contributed by atoms with Gasteiger partial charge in [0.1, 0.15) is 0 Å². The van der Waals surface area contributed by atoms with E-state index in [2.05, 4.69) is 24.0 Å². The lowest BCUT2D eigenvalue weighted by Crippen LogP contribution is -2.14. The Bertz CT molecular complexity index is 345. The monoisotopic (exact) mass is 239 g/mol. The molecule has 5 heteroatoms. The SMILES string of the molecule is CC(C)C[C@@H](N)c1nc(CC2CCCO2)no1. The molecule has 2 heterocycles. The molecule has 17 heavy (non-hydrogen) atoms. The van der Waals surface area contributed by atoms with E-state index < -0.39 is 0 Å². The van der Waals surface area contributed by atoms with E-state index in [-0.39, 0.29) is 12.1 Å². The Kier molecular flexibility index (Phi) is 4.12. The molecule has 1 aliphatic rings. The standard InChI is InChI=1S/C12H21N3O2/c1-8(2)6-10(13)12-14-11(15-17-12)7-9-4-3-5-16-9/h8-10H,3-7,13H2,1-2H3/t9?,10-/m1/s1. The first-order valence-corrected chi connectivity index (χ1v) is 6.35. The zero-order chi connectivity index (χ0) is 12.3. The van der Waals surface area contributed by atoms with E-state index in [4.69, 9.17) is 15.0 Å². The third-order valence-electron chi connectivity index (χ3n) is 2.96. The average Bonchev–Trinajstić information content (AvgIpc) is 2.88. The lowest BCUT2D eigenvalue weighted by molar-refractivity contribution is 0.109. The largest absolute Gasteiger partial charge is 0.378 e. The van der Waals surface area contributed by atoms with Crippen LogP contribution in [0.3, 0.4) is 0 Å². The summed E-state index contributed by atoms with van der Waals surface area (Å²) in [7, 11) is 0. The van der Waals surface area contributed by atoms with E-state index in [1.807, 2.05) is 0 Å². The Morgan fingerprint density at radius 2 is 2.29 bits per heavy atom. The van der Waals surface area contributed by atoms with Crippen LogP contribution in [0.4, 0.5) is 0 Å². The summed E-state index contributed by atoms with van der Waals surface area (Å²) in [6.07, 6.45) is 4.06. The molecule has 2 N–H and O–H groups in total. The number of hydrogen-bond acceptors (Lipinski definition) is 5. The fourth-order valence-corrected chi connectivity index (χ4v) is 2.12. The van der Waals surface area contributed by atoms with Crippen LogP contribution in [-0.2, 0) is 11.2 Å². The Morgan fingerprint density at radius 1 is 1.47 bits per heavy atom. The first-order chi connectivity index (χ1) is 8.15. The molecular weight excluding hydrogens is 218 g/mol. The molecule has 5 nitrogen and oxygen atoms in total. The van der Waals surface area contributed by atoms with Crippen molar-refractivity contribution in [3.63, 3.8) is 0 Å². The summed E-state index contributed by atoms with van der Waals surface area (Å²) >= 11 is 0. The van der Waals surface area contributed by atoms with Crippen molar-refractivity contribution in [3.8, 4) is 0 Å². The number of ether oxygens (including phenoxy) is 1. The Labute approximate surface area is 102 Å². The van der Waals surface area contributed by atoms with Crippen molar-refractivity contribution in [3.05, 3.63) is 11.7 Å². The summed E-state index contributed by atoms with van der Waals surface area (Å²) in [5.74, 6) is 1.79. The molecule has 96 valence electrons. The number of rotatable bonds is 5. The maximum Gasteiger partial charge on any atom is 0.243 e. The fourth-order valence-electron chi connectivity index (χ4n) is 2.12. The zero-order valence-corrected chi connectivity index (χ0v) is 10.6. The first kappa shape index (κ1) is 12.5. The van der Waals surface area contributed by atoms with E-state index in [1.165, 1.54) is 0 Å². The van der Waals surface area contributed by atoms with Crippen molar-refractivity contribution in [2.45, 2.75) is 51.7 Å². The van der Waals surface area contributed by atoms with Crippen molar-refractivity contribution in [1.82, 2.24) is 10.1 Å². The van der Waals surface area contributed by atoms with Gasteiger partial charge in [-0.15, -0.1) is 0 Å². The lowest BCUT2D eigenvalue weighted by Gasteiger charge is -2.08. The highest BCUT2D eigenvalue weighted by Crippen LogP contribution is 2.19. The van der Waals surface area contributed by atoms with Crippen LogP contribution in [0.15, 0.2) is 4.52 Å². The van der Waals surface area contributed by atoms with Gasteiger partial charge in [-0.05, 0) is 25.2 Å². The summed E-state index contributed by atoms with van der Waals surface area (Å²) < 4.78 is 10.7. The quantitative estimate of drug-likeness (QED) is 0.848. The minimum atomic E-state index is -0.152. The maximum atomic E-state index is 5.99. The van der Waals surface area contributed by atoms with Crippen molar-refractivity contribution in [2.75, 3.05) is 6.61 Å². The number of hydrogen-bond donors (Lipinski definition) is 1. The zero-order valence-electron chi connectivity index (χ0n) is 10.6. The van der Waals surface area contributed by atoms with Gasteiger partial charge in [-0.3, -0.25) is 0 Å². The van der Waals surface area contributed by atoms with Crippen LogP contribution in [0.1, 0.15) is 50.9 Å². The van der Waals surface area contributed by atoms with Gasteiger partial charge in [0, 0.05) is 13.0 Å². The molecule has 1 saturated heterocycles. The van der Waals surface area contributed by atoms with Gasteiger partial charge in [-0.25, -0.2) is 0 Å². The van der Waals surface area contributed by atoms with Crippen molar-refractivity contribution >= 4 is 0 Å². The van der Waals surface area contributed by atoms with Crippen LogP contribution in [0.5, 0.6) is 0 Å². The van der Waals surface area contributed by atoms with E-state index in [0.717, 1.165) is 32.3 Å². The normalized spacial score (nSPS) is 22.2. The Hall–Kier alpha value is -0.940. The molecule has 0 aliphatic carbocycles. The minimum absolute atomic E-state index is 0.152. The third kappa shape index (κ3) is 3.51. The summed E-state index contributed by atoms with van der Waals surface area (Å²) in [4.78, 5) is 4.34. The van der Waals surface area contributed by atoms with Crippen LogP contribution in [0.2, 0.25) is 0 Å². The second-order valence-corrected chi connectivity index (χ2v) is 5.12. The van der Waals surface area contributed by atoms with Crippen LogP contribution in [0.25, 0.3) is 0 Å². The molecule has 1 aromatic rings. The smallest absolute Gasteiger partial charge is 0.243 e. The van der Waals surface area contributed by atoms with Crippen LogP contribution in [-0.4, -0.2) is 22.9 Å². The summed E-state index contributed by atoms with van der Waals surface area (Å²) in [5, 5.41) is 3.96. The minimum Gasteiger partial charge on any atom is -0.378 e. The molecule has 0 bridgehead atoms. The molecule has 0 spiro atoms. The van der Waals surface area contributed by atoms with E-state index >= 15 is 0 Å². The molecule has 2 rings (SSSR count). The second-order valence-electron chi connectivity index (χ2n) is 5.12. The van der Waals surface area contributed by atoms with Gasteiger partial charge in [0.25, 0.3) is 0 Å². The molecule has 1 aliphatic heterocycles. The van der Waals surface area contributed by atoms with Gasteiger partial charge < -0.3 is 15.0 Å². The van der Waals surface area contributed by atoms with Crippen molar-refractivity contribution in [1.29, 1.82) is 0 Å². The molecule has 1 unspecified atom stereocenters. The molecule has 0 radical (unpaired) electrons. The van der Waals surface area contributed by atoms with Gasteiger partial charge in [-0.2, -0.15) is 4.98 Å². The topological polar surface area (TPSA) is 74.2 Å². The van der Waals surface area contributed by atoms with Gasteiger partial charge >= 0.3 is 0 Å². The number of nitrogens with zero attached hydrogens (tertiary/aromatic N) is 2. The molecule has 0 aromatic carbocycles. The summed E-state index contributed by atoms with van der Waals surface area (Å²) in [6.45, 7) is 5.11. The van der Waals surface area contributed by atoms with Gasteiger partial charge in [0.2, 0.25) is 5.89 Å². The fraction of sp³-hybridized carbons (Fsp3) is 0.833. The maximum absolute atomic E-state index is 5.99. The molecular formula is C12H21N3O2. The number of aromatic nitrogens is 2. The van der Waals surface area contributed by atoms with Crippen LogP contribution in [0, 0.1) is 5.92 Å². The van der Waals surface area contributed by atoms with Crippen LogP contribution < -0.4 is 5.73 Å². The van der Waals surface area contributed by atoms with E-state index in [1.54, 1.807) is 0 Å². The van der Waals surface area contributed by atoms with Crippen molar-refractivity contribution < 1.29 is 9.26 Å². The second kappa shape index (κ2) is 5.60. The summed E-state index contributed by atoms with van der Waals surface area (Å²) in [6, 6.07) is -0.152. The van der Waals surface area contributed by atoms with Gasteiger partial charge in [0.05, 0.1) is 12.1 Å². The molecule has 1 fully saturated rings. The average molecular weight is 239 g/mol. The van der Waals surface area contributed by atoms with E-state index in [0.29, 0.717) is 17.6 Å².